The summed E-state index contributed by atoms with van der Waals surface area (Å²) in [6, 6.07) is 6.95. The highest BCUT2D eigenvalue weighted by Crippen LogP contribution is 2.31. The predicted octanol–water partition coefficient (Wildman–Crippen LogP) is 3.13. The number of hydrogen-bond donors (Lipinski definition) is 1. The molecule has 0 aromatic heterocycles. The van der Waals surface area contributed by atoms with E-state index in [0.29, 0.717) is 19.3 Å². The van der Waals surface area contributed by atoms with Gasteiger partial charge in [-0.25, -0.2) is 0 Å². The minimum atomic E-state index is 0.657. The molecule has 1 saturated carbocycles. The molecule has 0 spiro atoms. The van der Waals surface area contributed by atoms with Gasteiger partial charge in [-0.3, -0.25) is 0 Å². The zero-order chi connectivity index (χ0) is 13.1. The van der Waals surface area contributed by atoms with Crippen LogP contribution in [0.25, 0.3) is 0 Å². The Morgan fingerprint density at radius 1 is 1.16 bits per heavy atom. The SMILES string of the molecule is CCC1CCC(NCc2ccc3c(c2)OCCO3)C1. The third-order valence-electron chi connectivity index (χ3n) is 4.32. The molecule has 1 aromatic rings. The Hall–Kier alpha value is -1.22. The van der Waals surface area contributed by atoms with Crippen molar-refractivity contribution in [2.75, 3.05) is 13.2 Å². The van der Waals surface area contributed by atoms with Crippen molar-refractivity contribution in [2.45, 2.75) is 45.2 Å². The smallest absolute Gasteiger partial charge is 0.161 e. The van der Waals surface area contributed by atoms with E-state index < -0.39 is 0 Å². The fraction of sp³-hybridized carbons (Fsp3) is 0.625. The third-order valence-corrected chi connectivity index (χ3v) is 4.32. The molecule has 3 nitrogen and oxygen atoms in total. The molecular formula is C16H23NO2. The molecule has 0 saturated heterocycles. The molecule has 1 aromatic carbocycles. The first-order valence-electron chi connectivity index (χ1n) is 7.47. The summed E-state index contributed by atoms with van der Waals surface area (Å²) in [5.41, 5.74) is 1.28. The van der Waals surface area contributed by atoms with E-state index in [4.69, 9.17) is 9.47 Å². The van der Waals surface area contributed by atoms with Gasteiger partial charge in [0, 0.05) is 12.6 Å². The van der Waals surface area contributed by atoms with Crippen LogP contribution in [-0.2, 0) is 6.54 Å². The summed E-state index contributed by atoms with van der Waals surface area (Å²) < 4.78 is 11.2. The lowest BCUT2D eigenvalue weighted by molar-refractivity contribution is 0.171. The van der Waals surface area contributed by atoms with Crippen molar-refractivity contribution in [3.63, 3.8) is 0 Å². The van der Waals surface area contributed by atoms with E-state index in [9.17, 15) is 0 Å². The van der Waals surface area contributed by atoms with Gasteiger partial charge < -0.3 is 14.8 Å². The molecule has 3 rings (SSSR count). The molecule has 1 heterocycles. The largest absolute Gasteiger partial charge is 0.486 e. The van der Waals surface area contributed by atoms with Gasteiger partial charge >= 0.3 is 0 Å². The highest BCUT2D eigenvalue weighted by Gasteiger charge is 2.22. The quantitative estimate of drug-likeness (QED) is 0.903. The van der Waals surface area contributed by atoms with Crippen LogP contribution in [0.4, 0.5) is 0 Å². The molecule has 3 heteroatoms. The monoisotopic (exact) mass is 261 g/mol. The first-order valence-corrected chi connectivity index (χ1v) is 7.47. The zero-order valence-electron chi connectivity index (χ0n) is 11.7. The van der Waals surface area contributed by atoms with Crippen LogP contribution in [0, 0.1) is 5.92 Å². The second kappa shape index (κ2) is 5.83. The number of benzene rings is 1. The van der Waals surface area contributed by atoms with Gasteiger partial charge in [-0.1, -0.05) is 19.4 Å². The van der Waals surface area contributed by atoms with Gasteiger partial charge in [0.15, 0.2) is 11.5 Å². The van der Waals surface area contributed by atoms with Gasteiger partial charge in [-0.15, -0.1) is 0 Å². The van der Waals surface area contributed by atoms with Crippen molar-refractivity contribution in [3.05, 3.63) is 23.8 Å². The number of nitrogens with one attached hydrogen (secondary N) is 1. The lowest BCUT2D eigenvalue weighted by atomic mass is 10.1. The minimum absolute atomic E-state index is 0.657. The van der Waals surface area contributed by atoms with Crippen LogP contribution >= 0.6 is 0 Å². The first kappa shape index (κ1) is 12.8. The van der Waals surface area contributed by atoms with Crippen LogP contribution in [-0.4, -0.2) is 19.3 Å². The molecule has 2 unspecified atom stereocenters. The van der Waals surface area contributed by atoms with E-state index in [2.05, 4.69) is 24.4 Å². The minimum Gasteiger partial charge on any atom is -0.486 e. The van der Waals surface area contributed by atoms with E-state index in [1.807, 2.05) is 6.07 Å². The van der Waals surface area contributed by atoms with Crippen molar-refractivity contribution in [3.8, 4) is 11.5 Å². The summed E-state index contributed by atoms with van der Waals surface area (Å²) in [6.45, 7) is 4.54. The zero-order valence-corrected chi connectivity index (χ0v) is 11.7. The molecule has 1 fully saturated rings. The van der Waals surface area contributed by atoms with Crippen LogP contribution < -0.4 is 14.8 Å². The normalized spacial score (nSPS) is 25.5. The summed E-state index contributed by atoms with van der Waals surface area (Å²) in [7, 11) is 0. The van der Waals surface area contributed by atoms with Crippen LogP contribution in [0.15, 0.2) is 18.2 Å². The first-order chi connectivity index (χ1) is 9.35. The Labute approximate surface area is 115 Å². The summed E-state index contributed by atoms with van der Waals surface area (Å²) in [4.78, 5) is 0. The van der Waals surface area contributed by atoms with Crippen molar-refractivity contribution < 1.29 is 9.47 Å². The van der Waals surface area contributed by atoms with Crippen molar-refractivity contribution in [1.29, 1.82) is 0 Å². The Morgan fingerprint density at radius 3 is 2.79 bits per heavy atom. The maximum atomic E-state index is 5.62. The Morgan fingerprint density at radius 2 is 2.00 bits per heavy atom. The number of fused-ring (bicyclic) bond motifs is 1. The van der Waals surface area contributed by atoms with E-state index in [0.717, 1.165) is 24.0 Å². The van der Waals surface area contributed by atoms with Crippen LogP contribution in [0.1, 0.15) is 38.2 Å². The summed E-state index contributed by atoms with van der Waals surface area (Å²) in [5, 5.41) is 3.67. The van der Waals surface area contributed by atoms with Crippen molar-refractivity contribution in [2.24, 2.45) is 5.92 Å². The molecule has 1 aliphatic heterocycles. The molecule has 104 valence electrons. The number of rotatable bonds is 4. The summed E-state index contributed by atoms with van der Waals surface area (Å²) in [5.74, 6) is 2.70. The average molecular weight is 261 g/mol. The van der Waals surface area contributed by atoms with E-state index in [1.54, 1.807) is 0 Å². The summed E-state index contributed by atoms with van der Waals surface area (Å²) >= 11 is 0. The Balaban J connectivity index is 1.55. The second-order valence-corrected chi connectivity index (χ2v) is 5.64. The van der Waals surface area contributed by atoms with Crippen LogP contribution in [0.5, 0.6) is 11.5 Å². The Kier molecular flexibility index (Phi) is 3.92. The van der Waals surface area contributed by atoms with E-state index >= 15 is 0 Å². The van der Waals surface area contributed by atoms with Gasteiger partial charge in [0.25, 0.3) is 0 Å². The Bertz CT molecular complexity index is 433. The third kappa shape index (κ3) is 3.03. The summed E-state index contributed by atoms with van der Waals surface area (Å²) in [6.07, 6.45) is 5.36. The van der Waals surface area contributed by atoms with E-state index in [-0.39, 0.29) is 0 Å². The molecule has 1 N–H and O–H groups in total. The molecule has 0 radical (unpaired) electrons. The molecule has 1 aliphatic carbocycles. The molecule has 0 bridgehead atoms. The highest BCUT2D eigenvalue weighted by molar-refractivity contribution is 5.43. The number of hydrogen-bond acceptors (Lipinski definition) is 3. The standard InChI is InChI=1S/C16H23NO2/c1-2-12-3-5-14(9-12)17-11-13-4-6-15-16(10-13)19-8-7-18-15/h4,6,10,12,14,17H,2-3,5,7-9,11H2,1H3. The lowest BCUT2D eigenvalue weighted by Crippen LogP contribution is -2.26. The predicted molar refractivity (Wildman–Crippen MR) is 75.7 cm³/mol. The fourth-order valence-corrected chi connectivity index (χ4v) is 3.09. The molecule has 19 heavy (non-hydrogen) atoms. The van der Waals surface area contributed by atoms with Gasteiger partial charge in [-0.2, -0.15) is 0 Å². The molecule has 0 amide bonds. The van der Waals surface area contributed by atoms with Crippen LogP contribution in [0.2, 0.25) is 0 Å². The van der Waals surface area contributed by atoms with Gasteiger partial charge in [0.05, 0.1) is 0 Å². The topological polar surface area (TPSA) is 30.5 Å². The molecular weight excluding hydrogens is 238 g/mol. The second-order valence-electron chi connectivity index (χ2n) is 5.64. The molecule has 2 aliphatic rings. The average Bonchev–Trinajstić information content (AvgIpc) is 2.93. The maximum Gasteiger partial charge on any atom is 0.161 e. The van der Waals surface area contributed by atoms with Gasteiger partial charge in [-0.05, 0) is 42.9 Å². The van der Waals surface area contributed by atoms with Gasteiger partial charge in [0.2, 0.25) is 0 Å². The lowest BCUT2D eigenvalue weighted by Gasteiger charge is -2.19. The molecule has 2 atom stereocenters. The van der Waals surface area contributed by atoms with Gasteiger partial charge in [0.1, 0.15) is 13.2 Å². The van der Waals surface area contributed by atoms with Crippen molar-refractivity contribution in [1.82, 2.24) is 5.32 Å². The van der Waals surface area contributed by atoms with Crippen LogP contribution in [0.3, 0.4) is 0 Å². The maximum absolute atomic E-state index is 5.62. The number of ether oxygens (including phenoxy) is 2. The van der Waals surface area contributed by atoms with Crippen molar-refractivity contribution >= 4 is 0 Å². The fourth-order valence-electron chi connectivity index (χ4n) is 3.09. The van der Waals surface area contributed by atoms with E-state index in [1.165, 1.54) is 31.2 Å². The highest BCUT2D eigenvalue weighted by atomic mass is 16.6.